The molecule has 0 spiro atoms. The van der Waals surface area contributed by atoms with E-state index >= 15 is 0 Å². The molecule has 0 aromatic carbocycles. The zero-order valence-corrected chi connectivity index (χ0v) is 10.2. The first-order chi connectivity index (χ1) is 7.66. The first-order valence-corrected chi connectivity index (χ1v) is 6.66. The molecule has 1 aliphatic heterocycles. The average Bonchev–Trinajstić information content (AvgIpc) is 2.61. The van der Waals surface area contributed by atoms with Crippen molar-refractivity contribution in [2.24, 2.45) is 13.0 Å². The number of rotatable bonds is 3. The molecule has 0 radical (unpaired) electrons. The molecule has 2 rings (SSSR count). The van der Waals surface area contributed by atoms with Crippen molar-refractivity contribution < 1.29 is 9.90 Å². The van der Waals surface area contributed by atoms with Gasteiger partial charge < -0.3 is 5.11 Å². The Labute approximate surface area is 99.0 Å². The molecule has 0 atom stereocenters. The van der Waals surface area contributed by atoms with E-state index < -0.39 is 5.97 Å². The lowest BCUT2D eigenvalue weighted by Crippen LogP contribution is -2.12. The van der Waals surface area contributed by atoms with Crippen molar-refractivity contribution in [2.75, 3.05) is 11.5 Å². The Kier molecular flexibility index (Phi) is 3.53. The number of carboxylic acid groups (broad SMARTS) is 1. The SMILES string of the molecule is Cn1nc(CC2CCSCC2)cc1C(=O)O. The number of hydrogen-bond donors (Lipinski definition) is 1. The fraction of sp³-hybridized carbons (Fsp3) is 0.636. The Hall–Kier alpha value is -0.970. The van der Waals surface area contributed by atoms with Gasteiger partial charge in [-0.05, 0) is 42.8 Å². The Morgan fingerprint density at radius 2 is 2.31 bits per heavy atom. The quantitative estimate of drug-likeness (QED) is 0.875. The van der Waals surface area contributed by atoms with Gasteiger partial charge in [-0.3, -0.25) is 4.68 Å². The maximum Gasteiger partial charge on any atom is 0.354 e. The third kappa shape index (κ3) is 2.58. The highest BCUT2D eigenvalue weighted by Gasteiger charge is 2.18. The highest BCUT2D eigenvalue weighted by molar-refractivity contribution is 7.99. The van der Waals surface area contributed by atoms with Crippen LogP contribution in [0.3, 0.4) is 0 Å². The molecule has 1 fully saturated rings. The highest BCUT2D eigenvalue weighted by atomic mass is 32.2. The summed E-state index contributed by atoms with van der Waals surface area (Å²) in [6.45, 7) is 0. The number of carbonyl (C=O) groups is 1. The molecule has 1 saturated heterocycles. The fourth-order valence-electron chi connectivity index (χ4n) is 2.07. The Balaban J connectivity index is 2.03. The molecular formula is C11H16N2O2S. The maximum absolute atomic E-state index is 10.9. The summed E-state index contributed by atoms with van der Waals surface area (Å²) in [5.74, 6) is 2.23. The largest absolute Gasteiger partial charge is 0.477 e. The molecule has 1 aromatic rings. The van der Waals surface area contributed by atoms with Crippen LogP contribution in [0.4, 0.5) is 0 Å². The molecular weight excluding hydrogens is 224 g/mol. The molecule has 0 unspecified atom stereocenters. The monoisotopic (exact) mass is 240 g/mol. The molecule has 1 aliphatic rings. The van der Waals surface area contributed by atoms with Gasteiger partial charge in [0.05, 0.1) is 5.69 Å². The number of carboxylic acids is 1. The molecule has 0 aliphatic carbocycles. The number of nitrogens with zero attached hydrogens (tertiary/aromatic N) is 2. The number of aromatic nitrogens is 2. The summed E-state index contributed by atoms with van der Waals surface area (Å²) in [5.41, 5.74) is 1.19. The van der Waals surface area contributed by atoms with Gasteiger partial charge in [0.1, 0.15) is 5.69 Å². The Morgan fingerprint density at radius 1 is 1.62 bits per heavy atom. The van der Waals surface area contributed by atoms with Crippen molar-refractivity contribution in [3.63, 3.8) is 0 Å². The van der Waals surface area contributed by atoms with Gasteiger partial charge in [-0.15, -0.1) is 0 Å². The molecule has 1 aromatic heterocycles. The summed E-state index contributed by atoms with van der Waals surface area (Å²) in [6.07, 6.45) is 3.37. The standard InChI is InChI=1S/C11H16N2O2S/c1-13-10(11(14)15)7-9(12-13)6-8-2-4-16-5-3-8/h7-8H,2-6H2,1H3,(H,14,15). The van der Waals surface area contributed by atoms with Crippen molar-refractivity contribution in [1.82, 2.24) is 9.78 Å². The van der Waals surface area contributed by atoms with Crippen LogP contribution in [0, 0.1) is 5.92 Å². The van der Waals surface area contributed by atoms with Crippen molar-refractivity contribution in [3.05, 3.63) is 17.5 Å². The lowest BCUT2D eigenvalue weighted by atomic mass is 9.97. The maximum atomic E-state index is 10.9. The second-order valence-electron chi connectivity index (χ2n) is 4.21. The van der Waals surface area contributed by atoms with Crippen LogP contribution in [0.2, 0.25) is 0 Å². The molecule has 5 heteroatoms. The van der Waals surface area contributed by atoms with Crippen molar-refractivity contribution >= 4 is 17.7 Å². The lowest BCUT2D eigenvalue weighted by Gasteiger charge is -2.19. The van der Waals surface area contributed by atoms with Crippen molar-refractivity contribution in [3.8, 4) is 0 Å². The van der Waals surface area contributed by atoms with Crippen molar-refractivity contribution in [1.29, 1.82) is 0 Å². The molecule has 0 saturated carbocycles. The van der Waals surface area contributed by atoms with Gasteiger partial charge in [0.15, 0.2) is 0 Å². The number of hydrogen-bond acceptors (Lipinski definition) is 3. The Morgan fingerprint density at radius 3 is 2.88 bits per heavy atom. The second kappa shape index (κ2) is 4.91. The van der Waals surface area contributed by atoms with E-state index in [9.17, 15) is 4.79 Å². The van der Waals surface area contributed by atoms with Crippen LogP contribution in [-0.4, -0.2) is 32.4 Å². The minimum atomic E-state index is -0.902. The molecule has 1 N–H and O–H groups in total. The van der Waals surface area contributed by atoms with Gasteiger partial charge in [-0.25, -0.2) is 4.79 Å². The van der Waals surface area contributed by atoms with Gasteiger partial charge >= 0.3 is 5.97 Å². The van der Waals surface area contributed by atoms with E-state index in [2.05, 4.69) is 5.10 Å². The van der Waals surface area contributed by atoms with Gasteiger partial charge in [0, 0.05) is 7.05 Å². The molecule has 88 valence electrons. The predicted molar refractivity (Wildman–Crippen MR) is 63.9 cm³/mol. The van der Waals surface area contributed by atoms with Gasteiger partial charge in [-0.1, -0.05) is 0 Å². The normalized spacial score (nSPS) is 17.6. The second-order valence-corrected chi connectivity index (χ2v) is 5.43. The summed E-state index contributed by atoms with van der Waals surface area (Å²) < 4.78 is 1.45. The lowest BCUT2D eigenvalue weighted by molar-refractivity contribution is 0.0685. The van der Waals surface area contributed by atoms with Crippen LogP contribution in [0.1, 0.15) is 29.0 Å². The van der Waals surface area contributed by atoms with Crippen LogP contribution < -0.4 is 0 Å². The topological polar surface area (TPSA) is 55.1 Å². The molecule has 0 amide bonds. The third-order valence-electron chi connectivity index (χ3n) is 2.99. The summed E-state index contributed by atoms with van der Waals surface area (Å²) >= 11 is 2.00. The number of thioether (sulfide) groups is 1. The van der Waals surface area contributed by atoms with Crippen LogP contribution in [0.15, 0.2) is 6.07 Å². The molecule has 2 heterocycles. The highest BCUT2D eigenvalue weighted by Crippen LogP contribution is 2.25. The van der Waals surface area contributed by atoms with Gasteiger partial charge in [-0.2, -0.15) is 16.9 Å². The van der Waals surface area contributed by atoms with Crippen LogP contribution in [-0.2, 0) is 13.5 Å². The molecule has 4 nitrogen and oxygen atoms in total. The summed E-state index contributed by atoms with van der Waals surface area (Å²) in [5, 5.41) is 13.2. The minimum Gasteiger partial charge on any atom is -0.477 e. The number of aromatic carboxylic acids is 1. The molecule has 0 bridgehead atoms. The van der Waals surface area contributed by atoms with Crippen LogP contribution in [0.25, 0.3) is 0 Å². The predicted octanol–water partition coefficient (Wildman–Crippen LogP) is 1.80. The first-order valence-electron chi connectivity index (χ1n) is 5.51. The Bertz CT molecular complexity index is 383. The number of aryl methyl sites for hydroxylation is 1. The van der Waals surface area contributed by atoms with Crippen molar-refractivity contribution in [2.45, 2.75) is 19.3 Å². The van der Waals surface area contributed by atoms with E-state index in [1.165, 1.54) is 29.0 Å². The van der Waals surface area contributed by atoms with E-state index in [0.29, 0.717) is 5.92 Å². The summed E-state index contributed by atoms with van der Waals surface area (Å²) in [6, 6.07) is 1.70. The fourth-order valence-corrected chi connectivity index (χ4v) is 3.28. The van der Waals surface area contributed by atoms with Gasteiger partial charge in [0.25, 0.3) is 0 Å². The smallest absolute Gasteiger partial charge is 0.354 e. The van der Waals surface area contributed by atoms with Gasteiger partial charge in [0.2, 0.25) is 0 Å². The van der Waals surface area contributed by atoms with E-state index in [1.54, 1.807) is 13.1 Å². The van der Waals surface area contributed by atoms with Crippen LogP contribution >= 0.6 is 11.8 Å². The zero-order chi connectivity index (χ0) is 11.5. The van der Waals surface area contributed by atoms with E-state index in [-0.39, 0.29) is 5.69 Å². The third-order valence-corrected chi connectivity index (χ3v) is 4.04. The summed E-state index contributed by atoms with van der Waals surface area (Å²) in [4.78, 5) is 10.9. The van der Waals surface area contributed by atoms with E-state index in [1.807, 2.05) is 11.8 Å². The first kappa shape index (κ1) is 11.5. The average molecular weight is 240 g/mol. The minimum absolute atomic E-state index is 0.278. The van der Waals surface area contributed by atoms with Crippen LogP contribution in [0.5, 0.6) is 0 Å². The molecule has 16 heavy (non-hydrogen) atoms. The summed E-state index contributed by atoms with van der Waals surface area (Å²) in [7, 11) is 1.68. The zero-order valence-electron chi connectivity index (χ0n) is 9.35. The van der Waals surface area contributed by atoms with E-state index in [4.69, 9.17) is 5.11 Å². The van der Waals surface area contributed by atoms with E-state index in [0.717, 1.165) is 12.1 Å².